The minimum absolute atomic E-state index is 0.151. The number of halogens is 2. The van der Waals surface area contributed by atoms with Crippen LogP contribution in [-0.4, -0.2) is 11.1 Å². The van der Waals surface area contributed by atoms with E-state index in [0.717, 1.165) is 11.6 Å². The van der Waals surface area contributed by atoms with E-state index in [4.69, 9.17) is 21.4 Å². The molecule has 0 atom stereocenters. The highest BCUT2D eigenvalue weighted by atomic mass is 35.5. The number of hydrogen-bond acceptors (Lipinski definition) is 2. The van der Waals surface area contributed by atoms with Gasteiger partial charge < -0.3 is 9.84 Å². The van der Waals surface area contributed by atoms with Gasteiger partial charge in [0.25, 0.3) is 0 Å². The lowest BCUT2D eigenvalue weighted by molar-refractivity contribution is 0.0692. The maximum absolute atomic E-state index is 13.5. The summed E-state index contributed by atoms with van der Waals surface area (Å²) in [5, 5.41) is 9.38. The Balaban J connectivity index is 2.09. The highest BCUT2D eigenvalue weighted by molar-refractivity contribution is 6.31. The van der Waals surface area contributed by atoms with Gasteiger partial charge in [-0.3, -0.25) is 0 Å². The Kier molecular flexibility index (Phi) is 4.25. The summed E-state index contributed by atoms with van der Waals surface area (Å²) < 4.78 is 19.0. The second-order valence-corrected chi connectivity index (χ2v) is 4.73. The fraction of sp³-hybridized carbons (Fsp3) is 0.133. The predicted molar refractivity (Wildman–Crippen MR) is 73.9 cm³/mol. The first-order valence-electron chi connectivity index (χ1n) is 5.88. The first-order valence-corrected chi connectivity index (χ1v) is 6.26. The van der Waals surface area contributed by atoms with Crippen LogP contribution in [0, 0.1) is 12.7 Å². The van der Waals surface area contributed by atoms with Crippen molar-refractivity contribution in [2.45, 2.75) is 13.5 Å². The minimum atomic E-state index is -1.29. The Morgan fingerprint density at radius 2 is 2.05 bits per heavy atom. The molecule has 0 bridgehead atoms. The summed E-state index contributed by atoms with van der Waals surface area (Å²) in [6.07, 6.45) is 0. The van der Waals surface area contributed by atoms with E-state index in [0.29, 0.717) is 16.3 Å². The lowest BCUT2D eigenvalue weighted by Crippen LogP contribution is -2.03. The van der Waals surface area contributed by atoms with Crippen molar-refractivity contribution in [1.29, 1.82) is 0 Å². The minimum Gasteiger partial charge on any atom is -0.489 e. The third-order valence-electron chi connectivity index (χ3n) is 2.80. The van der Waals surface area contributed by atoms with Crippen LogP contribution < -0.4 is 4.74 Å². The van der Waals surface area contributed by atoms with Gasteiger partial charge in [0.15, 0.2) is 0 Å². The van der Waals surface area contributed by atoms with Crippen LogP contribution in [0.4, 0.5) is 4.39 Å². The molecule has 0 aromatic heterocycles. The summed E-state index contributed by atoms with van der Waals surface area (Å²) in [5.74, 6) is -1.44. The van der Waals surface area contributed by atoms with Crippen molar-refractivity contribution in [3.05, 3.63) is 63.9 Å². The topological polar surface area (TPSA) is 46.5 Å². The molecule has 0 radical (unpaired) electrons. The monoisotopic (exact) mass is 294 g/mol. The van der Waals surface area contributed by atoms with E-state index >= 15 is 0 Å². The molecule has 3 nitrogen and oxygen atoms in total. The molecule has 0 heterocycles. The molecule has 0 unspecified atom stereocenters. The fourth-order valence-corrected chi connectivity index (χ4v) is 1.81. The number of carbonyl (C=O) groups is 1. The number of aromatic carboxylic acids is 1. The van der Waals surface area contributed by atoms with E-state index in [1.165, 1.54) is 12.1 Å². The van der Waals surface area contributed by atoms with Crippen LogP contribution >= 0.6 is 11.6 Å². The van der Waals surface area contributed by atoms with Gasteiger partial charge >= 0.3 is 5.97 Å². The van der Waals surface area contributed by atoms with Crippen molar-refractivity contribution >= 4 is 17.6 Å². The third-order valence-corrected chi connectivity index (χ3v) is 3.22. The number of benzene rings is 2. The molecule has 5 heteroatoms. The first-order chi connectivity index (χ1) is 9.47. The van der Waals surface area contributed by atoms with Crippen LogP contribution in [0.2, 0.25) is 5.02 Å². The average molecular weight is 295 g/mol. The molecule has 104 valence electrons. The number of aryl methyl sites for hydroxylation is 1. The van der Waals surface area contributed by atoms with Gasteiger partial charge in [-0.15, -0.1) is 0 Å². The zero-order chi connectivity index (χ0) is 14.7. The molecule has 2 rings (SSSR count). The lowest BCUT2D eigenvalue weighted by Gasteiger charge is -2.08. The fourth-order valence-electron chi connectivity index (χ4n) is 1.70. The van der Waals surface area contributed by atoms with Gasteiger partial charge in [-0.2, -0.15) is 0 Å². The summed E-state index contributed by atoms with van der Waals surface area (Å²) in [4.78, 5) is 10.7. The van der Waals surface area contributed by atoms with Gasteiger partial charge in [-0.05, 0) is 48.4 Å². The number of carboxylic acid groups (broad SMARTS) is 1. The predicted octanol–water partition coefficient (Wildman–Crippen LogP) is 4.06. The zero-order valence-corrected chi connectivity index (χ0v) is 11.4. The zero-order valence-electron chi connectivity index (χ0n) is 10.7. The van der Waals surface area contributed by atoms with Crippen molar-refractivity contribution in [3.8, 4) is 5.75 Å². The Bertz CT molecular complexity index is 656. The van der Waals surface area contributed by atoms with E-state index < -0.39 is 11.8 Å². The normalized spacial score (nSPS) is 10.3. The first kappa shape index (κ1) is 14.3. The van der Waals surface area contributed by atoms with Gasteiger partial charge in [-0.1, -0.05) is 17.7 Å². The second kappa shape index (κ2) is 5.92. The molecule has 20 heavy (non-hydrogen) atoms. The average Bonchev–Trinajstić information content (AvgIpc) is 2.40. The molecule has 0 aliphatic carbocycles. The summed E-state index contributed by atoms with van der Waals surface area (Å²) in [7, 11) is 0. The van der Waals surface area contributed by atoms with E-state index in [1.54, 1.807) is 18.2 Å². The number of hydrogen-bond donors (Lipinski definition) is 1. The van der Waals surface area contributed by atoms with E-state index in [9.17, 15) is 9.18 Å². The molecule has 0 fully saturated rings. The second-order valence-electron chi connectivity index (χ2n) is 4.32. The maximum atomic E-state index is 13.5. The Morgan fingerprint density at radius 1 is 1.30 bits per heavy atom. The maximum Gasteiger partial charge on any atom is 0.338 e. The summed E-state index contributed by atoms with van der Waals surface area (Å²) in [6.45, 7) is 2.01. The molecule has 2 aromatic rings. The summed E-state index contributed by atoms with van der Waals surface area (Å²) >= 11 is 5.90. The van der Waals surface area contributed by atoms with Crippen molar-refractivity contribution in [2.75, 3.05) is 0 Å². The van der Waals surface area contributed by atoms with Crippen LogP contribution in [0.15, 0.2) is 36.4 Å². The molecule has 0 spiro atoms. The molecule has 0 aliphatic heterocycles. The van der Waals surface area contributed by atoms with Crippen LogP contribution in [-0.2, 0) is 6.61 Å². The van der Waals surface area contributed by atoms with Gasteiger partial charge in [0.2, 0.25) is 0 Å². The SMILES string of the molecule is Cc1cc(OCc2ccc(C(=O)O)c(F)c2)ccc1Cl. The van der Waals surface area contributed by atoms with Crippen LogP contribution in [0.5, 0.6) is 5.75 Å². The largest absolute Gasteiger partial charge is 0.489 e. The Labute approximate surface area is 120 Å². The summed E-state index contributed by atoms with van der Waals surface area (Å²) in [6, 6.07) is 9.13. The Morgan fingerprint density at radius 3 is 2.65 bits per heavy atom. The van der Waals surface area contributed by atoms with E-state index in [-0.39, 0.29) is 12.2 Å². The standard InChI is InChI=1S/C15H12ClFO3/c1-9-6-11(3-5-13(9)16)20-8-10-2-4-12(15(18)19)14(17)7-10/h2-7H,8H2,1H3,(H,18,19). The Hall–Kier alpha value is -2.07. The molecular formula is C15H12ClFO3. The summed E-state index contributed by atoms with van der Waals surface area (Å²) in [5.41, 5.74) is 1.09. The highest BCUT2D eigenvalue weighted by Crippen LogP contribution is 2.22. The van der Waals surface area contributed by atoms with Crippen molar-refractivity contribution < 1.29 is 19.0 Å². The van der Waals surface area contributed by atoms with Crippen molar-refractivity contribution in [1.82, 2.24) is 0 Å². The number of carboxylic acids is 1. The molecular weight excluding hydrogens is 283 g/mol. The highest BCUT2D eigenvalue weighted by Gasteiger charge is 2.10. The van der Waals surface area contributed by atoms with E-state index in [2.05, 4.69) is 0 Å². The number of rotatable bonds is 4. The van der Waals surface area contributed by atoms with Crippen molar-refractivity contribution in [2.24, 2.45) is 0 Å². The van der Waals surface area contributed by atoms with Crippen molar-refractivity contribution in [3.63, 3.8) is 0 Å². The van der Waals surface area contributed by atoms with E-state index in [1.807, 2.05) is 6.92 Å². The molecule has 0 saturated carbocycles. The molecule has 0 amide bonds. The number of ether oxygens (including phenoxy) is 1. The lowest BCUT2D eigenvalue weighted by atomic mass is 10.1. The molecule has 2 aromatic carbocycles. The van der Waals surface area contributed by atoms with Gasteiger partial charge in [-0.25, -0.2) is 9.18 Å². The quantitative estimate of drug-likeness (QED) is 0.925. The van der Waals surface area contributed by atoms with Crippen LogP contribution in [0.25, 0.3) is 0 Å². The van der Waals surface area contributed by atoms with Gasteiger partial charge in [0.05, 0.1) is 5.56 Å². The smallest absolute Gasteiger partial charge is 0.338 e. The van der Waals surface area contributed by atoms with Gasteiger partial charge in [0.1, 0.15) is 18.2 Å². The van der Waals surface area contributed by atoms with Gasteiger partial charge in [0, 0.05) is 5.02 Å². The third kappa shape index (κ3) is 3.27. The molecule has 1 N–H and O–H groups in total. The van der Waals surface area contributed by atoms with Crippen LogP contribution in [0.3, 0.4) is 0 Å². The molecule has 0 saturated heterocycles. The molecule has 0 aliphatic rings. The van der Waals surface area contributed by atoms with Crippen LogP contribution in [0.1, 0.15) is 21.5 Å².